The van der Waals surface area contributed by atoms with Gasteiger partial charge in [-0.2, -0.15) is 0 Å². The molecule has 0 aliphatic carbocycles. The quantitative estimate of drug-likeness (QED) is 0.782. The number of rotatable bonds is 7. The molecule has 0 fully saturated rings. The van der Waals surface area contributed by atoms with Gasteiger partial charge in [-0.1, -0.05) is 19.1 Å². The van der Waals surface area contributed by atoms with Crippen molar-refractivity contribution in [3.05, 3.63) is 58.9 Å². The van der Waals surface area contributed by atoms with Crippen molar-refractivity contribution in [1.82, 2.24) is 4.72 Å². The van der Waals surface area contributed by atoms with Crippen LogP contribution < -0.4 is 9.62 Å². The van der Waals surface area contributed by atoms with Crippen LogP contribution in [0.3, 0.4) is 0 Å². The fourth-order valence-electron chi connectivity index (χ4n) is 3.58. The summed E-state index contributed by atoms with van der Waals surface area (Å²) in [6, 6.07) is 10.3. The topological polar surface area (TPSA) is 49.4 Å². The smallest absolute Gasteiger partial charge is 0.240 e. The predicted octanol–water partition coefficient (Wildman–Crippen LogP) is 3.82. The number of aryl methyl sites for hydroxylation is 2. The molecule has 1 aliphatic rings. The van der Waals surface area contributed by atoms with Crippen molar-refractivity contribution < 1.29 is 12.8 Å². The largest absolute Gasteiger partial charge is 0.371 e. The van der Waals surface area contributed by atoms with Crippen LogP contribution in [0.25, 0.3) is 0 Å². The summed E-state index contributed by atoms with van der Waals surface area (Å²) >= 11 is 0. The number of fused-ring (bicyclic) bond motifs is 1. The molecular formula is C21H27FN2O2S. The highest BCUT2D eigenvalue weighted by atomic mass is 32.2. The summed E-state index contributed by atoms with van der Waals surface area (Å²) in [5, 5.41) is 0. The van der Waals surface area contributed by atoms with Crippen molar-refractivity contribution in [2.24, 2.45) is 0 Å². The zero-order chi connectivity index (χ0) is 19.4. The van der Waals surface area contributed by atoms with Crippen molar-refractivity contribution in [1.29, 1.82) is 0 Å². The molecule has 0 atom stereocenters. The molecular weight excluding hydrogens is 363 g/mol. The van der Waals surface area contributed by atoms with Gasteiger partial charge in [-0.25, -0.2) is 17.5 Å². The molecule has 0 aromatic heterocycles. The third-order valence-corrected chi connectivity index (χ3v) is 6.46. The SMILES string of the molecule is CCCN1CCCc2cc(CCNS(=O)(=O)c3ccc(F)c(C)c3)ccc21. The maximum Gasteiger partial charge on any atom is 0.240 e. The molecule has 0 bridgehead atoms. The van der Waals surface area contributed by atoms with Gasteiger partial charge in [0.25, 0.3) is 0 Å². The molecule has 3 rings (SSSR count). The molecule has 27 heavy (non-hydrogen) atoms. The first-order valence-corrected chi connectivity index (χ1v) is 11.0. The van der Waals surface area contributed by atoms with Gasteiger partial charge in [-0.05, 0) is 73.6 Å². The molecule has 1 heterocycles. The molecule has 2 aromatic carbocycles. The minimum absolute atomic E-state index is 0.0991. The molecule has 0 saturated heterocycles. The van der Waals surface area contributed by atoms with E-state index in [1.54, 1.807) is 6.92 Å². The molecule has 146 valence electrons. The Hall–Kier alpha value is -1.92. The Morgan fingerprint density at radius 2 is 2.00 bits per heavy atom. The van der Waals surface area contributed by atoms with E-state index in [0.717, 1.165) is 37.9 Å². The van der Waals surface area contributed by atoms with Crippen LogP contribution in [0.4, 0.5) is 10.1 Å². The summed E-state index contributed by atoms with van der Waals surface area (Å²) < 4.78 is 40.8. The second-order valence-electron chi connectivity index (χ2n) is 7.11. The lowest BCUT2D eigenvalue weighted by Crippen LogP contribution is -2.30. The number of halogens is 1. The number of nitrogens with zero attached hydrogens (tertiary/aromatic N) is 1. The number of hydrogen-bond acceptors (Lipinski definition) is 3. The normalized spacial score (nSPS) is 14.3. The van der Waals surface area contributed by atoms with Crippen molar-refractivity contribution in [3.63, 3.8) is 0 Å². The zero-order valence-electron chi connectivity index (χ0n) is 16.0. The highest BCUT2D eigenvalue weighted by molar-refractivity contribution is 7.89. The van der Waals surface area contributed by atoms with Crippen LogP contribution in [0.5, 0.6) is 0 Å². The van der Waals surface area contributed by atoms with Gasteiger partial charge >= 0.3 is 0 Å². The molecule has 2 aromatic rings. The minimum atomic E-state index is -3.63. The lowest BCUT2D eigenvalue weighted by atomic mass is 9.98. The summed E-state index contributed by atoms with van der Waals surface area (Å²) in [6.45, 7) is 6.25. The molecule has 6 heteroatoms. The molecule has 0 saturated carbocycles. The average Bonchev–Trinajstić information content (AvgIpc) is 2.64. The lowest BCUT2D eigenvalue weighted by Gasteiger charge is -2.31. The first-order chi connectivity index (χ1) is 12.9. The maximum atomic E-state index is 13.4. The lowest BCUT2D eigenvalue weighted by molar-refractivity contribution is 0.580. The Labute approximate surface area is 161 Å². The second-order valence-corrected chi connectivity index (χ2v) is 8.88. The molecule has 4 nitrogen and oxygen atoms in total. The third kappa shape index (κ3) is 4.68. The molecule has 0 radical (unpaired) electrons. The number of anilines is 1. The van der Waals surface area contributed by atoms with Crippen molar-refractivity contribution >= 4 is 15.7 Å². The minimum Gasteiger partial charge on any atom is -0.371 e. The van der Waals surface area contributed by atoms with E-state index in [0.29, 0.717) is 18.5 Å². The van der Waals surface area contributed by atoms with Gasteiger partial charge in [0.05, 0.1) is 4.90 Å². The van der Waals surface area contributed by atoms with E-state index in [1.807, 2.05) is 0 Å². The van der Waals surface area contributed by atoms with Gasteiger partial charge < -0.3 is 4.90 Å². The Kier molecular flexibility index (Phi) is 6.17. The Morgan fingerprint density at radius 1 is 1.19 bits per heavy atom. The molecule has 0 amide bonds. The van der Waals surface area contributed by atoms with Gasteiger partial charge in [-0.15, -0.1) is 0 Å². The molecule has 0 unspecified atom stereocenters. The number of sulfonamides is 1. The van der Waals surface area contributed by atoms with Crippen LogP contribution in [0.15, 0.2) is 41.3 Å². The predicted molar refractivity (Wildman–Crippen MR) is 107 cm³/mol. The monoisotopic (exact) mass is 390 g/mol. The molecule has 0 spiro atoms. The Morgan fingerprint density at radius 3 is 2.74 bits per heavy atom. The van der Waals surface area contributed by atoms with Crippen LogP contribution >= 0.6 is 0 Å². The molecule has 1 N–H and O–H groups in total. The van der Waals surface area contributed by atoms with E-state index in [9.17, 15) is 12.8 Å². The van der Waals surface area contributed by atoms with Crippen molar-refractivity contribution in [2.45, 2.75) is 44.4 Å². The number of nitrogens with one attached hydrogen (secondary N) is 1. The summed E-state index contributed by atoms with van der Waals surface area (Å²) in [4.78, 5) is 2.53. The van der Waals surface area contributed by atoms with E-state index in [1.165, 1.54) is 29.4 Å². The first kappa shape index (κ1) is 19.8. The van der Waals surface area contributed by atoms with Gasteiger partial charge in [0, 0.05) is 25.3 Å². The number of hydrogen-bond donors (Lipinski definition) is 1. The van der Waals surface area contributed by atoms with Crippen molar-refractivity contribution in [3.8, 4) is 0 Å². The van der Waals surface area contributed by atoms with Crippen LogP contribution in [0.1, 0.15) is 36.5 Å². The van der Waals surface area contributed by atoms with Gasteiger partial charge in [0.15, 0.2) is 0 Å². The van der Waals surface area contributed by atoms with E-state index in [2.05, 4.69) is 34.7 Å². The zero-order valence-corrected chi connectivity index (χ0v) is 16.8. The Balaban J connectivity index is 1.64. The molecule has 1 aliphatic heterocycles. The van der Waals surface area contributed by atoms with Crippen LogP contribution in [-0.4, -0.2) is 28.1 Å². The van der Waals surface area contributed by atoms with Crippen LogP contribution in [0.2, 0.25) is 0 Å². The standard InChI is InChI=1S/C21H27FN2O2S/c1-3-12-24-13-4-5-18-15-17(6-9-21(18)24)10-11-23-27(25,26)19-7-8-20(22)16(2)14-19/h6-9,14-15,23H,3-5,10-13H2,1-2H3. The highest BCUT2D eigenvalue weighted by Crippen LogP contribution is 2.28. The summed E-state index contributed by atoms with van der Waals surface area (Å²) in [5.41, 5.74) is 4.12. The van der Waals surface area contributed by atoms with Gasteiger partial charge in [0.1, 0.15) is 5.82 Å². The van der Waals surface area contributed by atoms with Crippen molar-refractivity contribution in [2.75, 3.05) is 24.5 Å². The Bertz CT molecular complexity index is 912. The average molecular weight is 391 g/mol. The third-order valence-electron chi connectivity index (χ3n) is 5.00. The van der Waals surface area contributed by atoms with Gasteiger partial charge in [-0.3, -0.25) is 0 Å². The van der Waals surface area contributed by atoms with Crippen LogP contribution in [-0.2, 0) is 22.9 Å². The highest BCUT2D eigenvalue weighted by Gasteiger charge is 2.17. The van der Waals surface area contributed by atoms with Crippen LogP contribution in [0, 0.1) is 12.7 Å². The summed E-state index contributed by atoms with van der Waals surface area (Å²) in [7, 11) is -3.63. The first-order valence-electron chi connectivity index (χ1n) is 9.53. The number of benzene rings is 2. The van der Waals surface area contributed by atoms with E-state index in [-0.39, 0.29) is 4.90 Å². The second kappa shape index (κ2) is 8.40. The fraction of sp³-hybridized carbons (Fsp3) is 0.429. The van der Waals surface area contributed by atoms with E-state index >= 15 is 0 Å². The van der Waals surface area contributed by atoms with Gasteiger partial charge in [0.2, 0.25) is 10.0 Å². The van der Waals surface area contributed by atoms with E-state index in [4.69, 9.17) is 0 Å². The summed E-state index contributed by atoms with van der Waals surface area (Å²) in [6.07, 6.45) is 3.99. The maximum absolute atomic E-state index is 13.4. The van der Waals surface area contributed by atoms with E-state index < -0.39 is 15.8 Å². The summed E-state index contributed by atoms with van der Waals surface area (Å²) in [5.74, 6) is -0.403. The fourth-order valence-corrected chi connectivity index (χ4v) is 4.70.